The van der Waals surface area contributed by atoms with Gasteiger partial charge in [-0.3, -0.25) is 0 Å². The van der Waals surface area contributed by atoms with Gasteiger partial charge in [0.2, 0.25) is 0 Å². The van der Waals surface area contributed by atoms with E-state index in [-0.39, 0.29) is 11.5 Å². The lowest BCUT2D eigenvalue weighted by Gasteiger charge is -2.22. The van der Waals surface area contributed by atoms with Crippen molar-refractivity contribution in [1.82, 2.24) is 0 Å². The molecule has 3 atom stereocenters. The highest BCUT2D eigenvalue weighted by Gasteiger charge is 2.31. The topological polar surface area (TPSA) is 38.0 Å². The maximum Gasteiger partial charge on any atom is 0.148 e. The summed E-state index contributed by atoms with van der Waals surface area (Å²) in [4.78, 5) is 0. The first-order valence-corrected chi connectivity index (χ1v) is 6.44. The summed E-state index contributed by atoms with van der Waals surface area (Å²) in [6, 6.07) is 5.37. The number of hydrogen-bond donors (Lipinski definition) is 2. The lowest BCUT2D eigenvalue weighted by atomic mass is 9.93. The van der Waals surface area contributed by atoms with Crippen LogP contribution in [0.5, 0.6) is 0 Å². The Morgan fingerprint density at radius 2 is 2.18 bits per heavy atom. The molecule has 1 saturated carbocycles. The molecular weight excluding hydrogens is 215 g/mol. The van der Waals surface area contributed by atoms with Crippen molar-refractivity contribution in [3.05, 3.63) is 24.0 Å². The van der Waals surface area contributed by atoms with Crippen molar-refractivity contribution >= 4 is 11.4 Å². The van der Waals surface area contributed by atoms with Crippen LogP contribution in [-0.4, -0.2) is 6.04 Å². The normalized spacial score (nSPS) is 28.3. The maximum absolute atomic E-state index is 13.3. The highest BCUT2D eigenvalue weighted by molar-refractivity contribution is 5.66. The zero-order chi connectivity index (χ0) is 12.4. The summed E-state index contributed by atoms with van der Waals surface area (Å²) in [5.74, 6) is 1.07. The zero-order valence-electron chi connectivity index (χ0n) is 10.5. The minimum Gasteiger partial charge on any atom is -0.395 e. The van der Waals surface area contributed by atoms with Gasteiger partial charge in [-0.1, -0.05) is 26.3 Å². The molecule has 0 aromatic heterocycles. The van der Waals surface area contributed by atoms with Crippen molar-refractivity contribution in [3.63, 3.8) is 0 Å². The predicted molar refractivity (Wildman–Crippen MR) is 70.4 cm³/mol. The minimum absolute atomic E-state index is 0.236. The Morgan fingerprint density at radius 1 is 1.41 bits per heavy atom. The minimum atomic E-state index is -0.340. The summed E-state index contributed by atoms with van der Waals surface area (Å²) < 4.78 is 13.3. The Morgan fingerprint density at radius 3 is 2.82 bits per heavy atom. The number of rotatable bonds is 3. The lowest BCUT2D eigenvalue weighted by Crippen LogP contribution is -2.25. The van der Waals surface area contributed by atoms with E-state index in [2.05, 4.69) is 19.2 Å². The third-order valence-corrected chi connectivity index (χ3v) is 4.14. The van der Waals surface area contributed by atoms with Crippen LogP contribution in [0.2, 0.25) is 0 Å². The van der Waals surface area contributed by atoms with Gasteiger partial charge in [0.1, 0.15) is 5.82 Å². The first-order chi connectivity index (χ1) is 8.13. The molecule has 3 N–H and O–H groups in total. The molecule has 0 heterocycles. The Labute approximate surface area is 102 Å². The van der Waals surface area contributed by atoms with Crippen LogP contribution in [0.3, 0.4) is 0 Å². The molecule has 1 aliphatic carbocycles. The lowest BCUT2D eigenvalue weighted by molar-refractivity contribution is 0.392. The van der Waals surface area contributed by atoms with E-state index in [9.17, 15) is 4.39 Å². The van der Waals surface area contributed by atoms with E-state index in [0.29, 0.717) is 12.0 Å². The van der Waals surface area contributed by atoms with E-state index in [1.165, 1.54) is 18.9 Å². The zero-order valence-corrected chi connectivity index (χ0v) is 10.5. The van der Waals surface area contributed by atoms with Gasteiger partial charge in [0.15, 0.2) is 0 Å². The number of anilines is 2. The summed E-state index contributed by atoms with van der Waals surface area (Å²) in [7, 11) is 0. The average molecular weight is 236 g/mol. The van der Waals surface area contributed by atoms with E-state index < -0.39 is 0 Å². The number of para-hydroxylation sites is 1. The molecule has 2 rings (SSSR count). The monoisotopic (exact) mass is 236 g/mol. The number of halogens is 1. The Hall–Kier alpha value is -1.25. The van der Waals surface area contributed by atoms with Gasteiger partial charge in [-0.2, -0.15) is 0 Å². The van der Waals surface area contributed by atoms with E-state index in [0.717, 1.165) is 18.0 Å². The van der Waals surface area contributed by atoms with Gasteiger partial charge >= 0.3 is 0 Å². The smallest absolute Gasteiger partial charge is 0.148 e. The van der Waals surface area contributed by atoms with Crippen LogP contribution < -0.4 is 11.1 Å². The van der Waals surface area contributed by atoms with Crippen molar-refractivity contribution < 1.29 is 4.39 Å². The molecule has 3 heteroatoms. The summed E-state index contributed by atoms with van der Waals surface area (Å²) >= 11 is 0. The molecule has 1 aromatic carbocycles. The third-order valence-electron chi connectivity index (χ3n) is 4.14. The number of hydrogen-bond acceptors (Lipinski definition) is 2. The fraction of sp³-hybridized carbons (Fsp3) is 0.571. The standard InChI is InChI=1S/C14H21FN2/c1-3-10-7-8-12(9(10)2)17-13-6-4-5-11(15)14(13)16/h4-6,9-10,12,17H,3,7-8,16H2,1-2H3. The van der Waals surface area contributed by atoms with Gasteiger partial charge in [0.05, 0.1) is 11.4 Å². The van der Waals surface area contributed by atoms with Gasteiger partial charge in [0.25, 0.3) is 0 Å². The molecule has 17 heavy (non-hydrogen) atoms. The Balaban J connectivity index is 2.09. The Bertz CT molecular complexity index is 392. The second-order valence-electron chi connectivity index (χ2n) is 5.06. The highest BCUT2D eigenvalue weighted by atomic mass is 19.1. The van der Waals surface area contributed by atoms with Crippen LogP contribution in [0.1, 0.15) is 33.1 Å². The molecule has 1 fully saturated rings. The van der Waals surface area contributed by atoms with E-state index in [1.54, 1.807) is 6.07 Å². The largest absolute Gasteiger partial charge is 0.395 e. The summed E-state index contributed by atoms with van der Waals surface area (Å²) in [6.45, 7) is 4.51. The van der Waals surface area contributed by atoms with Crippen LogP contribution in [-0.2, 0) is 0 Å². The second-order valence-corrected chi connectivity index (χ2v) is 5.06. The quantitative estimate of drug-likeness (QED) is 0.786. The van der Waals surface area contributed by atoms with Crippen LogP contribution in [0.15, 0.2) is 18.2 Å². The predicted octanol–water partition coefficient (Wildman–Crippen LogP) is 3.64. The van der Waals surface area contributed by atoms with Gasteiger partial charge in [-0.05, 0) is 36.8 Å². The second kappa shape index (κ2) is 4.94. The molecule has 1 aliphatic rings. The molecule has 0 radical (unpaired) electrons. The number of nitrogens with two attached hydrogens (primary N) is 1. The molecule has 3 unspecified atom stereocenters. The van der Waals surface area contributed by atoms with E-state index >= 15 is 0 Å². The molecule has 1 aromatic rings. The molecule has 0 saturated heterocycles. The molecule has 0 bridgehead atoms. The summed E-state index contributed by atoms with van der Waals surface area (Å²) in [5.41, 5.74) is 6.71. The molecule has 0 spiro atoms. The fourth-order valence-electron chi connectivity index (χ4n) is 2.89. The van der Waals surface area contributed by atoms with Crippen molar-refractivity contribution in [2.24, 2.45) is 11.8 Å². The molecule has 0 amide bonds. The number of nitrogen functional groups attached to an aromatic ring is 1. The van der Waals surface area contributed by atoms with Crippen LogP contribution in [0.4, 0.5) is 15.8 Å². The van der Waals surface area contributed by atoms with Crippen molar-refractivity contribution in [3.8, 4) is 0 Å². The van der Waals surface area contributed by atoms with Crippen LogP contribution in [0.25, 0.3) is 0 Å². The molecule has 94 valence electrons. The molecular formula is C14H21FN2. The summed E-state index contributed by atoms with van der Waals surface area (Å²) in [5, 5.41) is 3.40. The molecule has 0 aliphatic heterocycles. The molecule has 2 nitrogen and oxygen atoms in total. The summed E-state index contributed by atoms with van der Waals surface area (Å²) in [6.07, 6.45) is 3.62. The van der Waals surface area contributed by atoms with E-state index in [4.69, 9.17) is 5.73 Å². The third kappa shape index (κ3) is 2.38. The van der Waals surface area contributed by atoms with Gasteiger partial charge in [-0.15, -0.1) is 0 Å². The number of nitrogens with one attached hydrogen (secondary N) is 1. The Kier molecular flexibility index (Phi) is 3.55. The van der Waals surface area contributed by atoms with Gasteiger partial charge in [-0.25, -0.2) is 4.39 Å². The SMILES string of the molecule is CCC1CCC(Nc2cccc(F)c2N)C1C. The van der Waals surface area contributed by atoms with Crippen LogP contribution in [0, 0.1) is 17.7 Å². The average Bonchev–Trinajstić information content (AvgIpc) is 2.66. The number of benzene rings is 1. The fourth-order valence-corrected chi connectivity index (χ4v) is 2.89. The van der Waals surface area contributed by atoms with Crippen molar-refractivity contribution in [2.75, 3.05) is 11.1 Å². The highest BCUT2D eigenvalue weighted by Crippen LogP contribution is 2.36. The van der Waals surface area contributed by atoms with Crippen molar-refractivity contribution in [2.45, 2.75) is 39.2 Å². The first kappa shape index (κ1) is 12.2. The first-order valence-electron chi connectivity index (χ1n) is 6.44. The van der Waals surface area contributed by atoms with Crippen LogP contribution >= 0.6 is 0 Å². The van der Waals surface area contributed by atoms with Gasteiger partial charge < -0.3 is 11.1 Å². The maximum atomic E-state index is 13.3. The van der Waals surface area contributed by atoms with E-state index in [1.807, 2.05) is 6.07 Å². The van der Waals surface area contributed by atoms with Crippen molar-refractivity contribution in [1.29, 1.82) is 0 Å². The van der Waals surface area contributed by atoms with Gasteiger partial charge in [0, 0.05) is 6.04 Å².